The smallest absolute Gasteiger partial charge is 0.327 e. The highest BCUT2D eigenvalue weighted by Gasteiger charge is 2.64. The molecule has 22 heavy (non-hydrogen) atoms. The molecule has 0 radical (unpaired) electrons. The second-order valence-electron chi connectivity index (χ2n) is 6.89. The lowest BCUT2D eigenvalue weighted by atomic mass is 9.86. The second kappa shape index (κ2) is 6.79. The van der Waals surface area contributed by atoms with Gasteiger partial charge >= 0.3 is 5.97 Å². The molecule has 0 aromatic heterocycles. The van der Waals surface area contributed by atoms with E-state index in [-0.39, 0.29) is 11.3 Å². The Bertz CT molecular complexity index is 440. The molecule has 2 saturated heterocycles. The van der Waals surface area contributed by atoms with Crippen molar-refractivity contribution >= 4 is 23.6 Å². The van der Waals surface area contributed by atoms with Crippen molar-refractivity contribution < 1.29 is 19.8 Å². The molecule has 2 aliphatic heterocycles. The number of carbonyl (C=O) groups excluding carboxylic acids is 1. The quantitative estimate of drug-likeness (QED) is 0.528. The van der Waals surface area contributed by atoms with Crippen molar-refractivity contribution in [2.24, 2.45) is 5.92 Å². The van der Waals surface area contributed by atoms with Crippen LogP contribution in [0.3, 0.4) is 0 Å². The predicted molar refractivity (Wildman–Crippen MR) is 86.6 cm³/mol. The molecular formula is C16H27NO4S. The van der Waals surface area contributed by atoms with Gasteiger partial charge in [-0.05, 0) is 20.3 Å². The molecule has 0 spiro atoms. The van der Waals surface area contributed by atoms with E-state index in [2.05, 4.69) is 6.92 Å². The first-order valence-electron chi connectivity index (χ1n) is 8.22. The van der Waals surface area contributed by atoms with Crippen molar-refractivity contribution in [1.29, 1.82) is 0 Å². The summed E-state index contributed by atoms with van der Waals surface area (Å²) in [6, 6.07) is -0.789. The number of aliphatic hydroxyl groups is 1. The van der Waals surface area contributed by atoms with Crippen LogP contribution in [0.25, 0.3) is 0 Å². The monoisotopic (exact) mass is 329 g/mol. The van der Waals surface area contributed by atoms with Gasteiger partial charge < -0.3 is 15.1 Å². The zero-order valence-corrected chi connectivity index (χ0v) is 14.4. The van der Waals surface area contributed by atoms with E-state index in [9.17, 15) is 19.8 Å². The fourth-order valence-electron chi connectivity index (χ4n) is 3.53. The Balaban J connectivity index is 1.90. The highest BCUT2D eigenvalue weighted by Crippen LogP contribution is 2.54. The Labute approximate surface area is 136 Å². The van der Waals surface area contributed by atoms with Crippen LogP contribution in [-0.4, -0.2) is 49.3 Å². The van der Waals surface area contributed by atoms with E-state index in [1.165, 1.54) is 35.9 Å². The average molecular weight is 329 g/mol. The number of thioether (sulfide) groups is 1. The molecule has 126 valence electrons. The van der Waals surface area contributed by atoms with Gasteiger partial charge in [-0.25, -0.2) is 4.79 Å². The molecule has 5 nitrogen and oxygen atoms in total. The molecule has 2 heterocycles. The third-order valence-corrected chi connectivity index (χ3v) is 6.33. The number of aliphatic carboxylic acids is 1. The van der Waals surface area contributed by atoms with Gasteiger partial charge in [0.15, 0.2) is 0 Å². The second-order valence-corrected chi connectivity index (χ2v) is 8.67. The number of amides is 1. The summed E-state index contributed by atoms with van der Waals surface area (Å²) < 4.78 is -0.512. The van der Waals surface area contributed by atoms with Gasteiger partial charge in [-0.2, -0.15) is 0 Å². The van der Waals surface area contributed by atoms with Crippen LogP contribution in [0.15, 0.2) is 0 Å². The summed E-state index contributed by atoms with van der Waals surface area (Å²) in [5, 5.41) is 19.5. The number of β-lactam (4-membered cyclic amide) rings is 1. The van der Waals surface area contributed by atoms with Gasteiger partial charge in [0.05, 0.1) is 17.4 Å². The highest BCUT2D eigenvalue weighted by molar-refractivity contribution is 8.01. The van der Waals surface area contributed by atoms with Crippen molar-refractivity contribution in [3.8, 4) is 0 Å². The molecule has 0 aromatic rings. The molecule has 0 bridgehead atoms. The van der Waals surface area contributed by atoms with Crippen molar-refractivity contribution in [3.63, 3.8) is 0 Å². The minimum atomic E-state index is -0.958. The van der Waals surface area contributed by atoms with Crippen LogP contribution in [0.5, 0.6) is 0 Å². The van der Waals surface area contributed by atoms with E-state index in [4.69, 9.17) is 0 Å². The summed E-state index contributed by atoms with van der Waals surface area (Å²) in [5.74, 6) is -1.59. The summed E-state index contributed by atoms with van der Waals surface area (Å²) in [5.41, 5.74) is 0. The van der Waals surface area contributed by atoms with Gasteiger partial charge in [0, 0.05) is 4.75 Å². The highest BCUT2D eigenvalue weighted by atomic mass is 32.2. The lowest BCUT2D eigenvalue weighted by molar-refractivity contribution is -0.169. The van der Waals surface area contributed by atoms with Gasteiger partial charge in [-0.15, -0.1) is 11.8 Å². The third kappa shape index (κ3) is 3.13. The lowest BCUT2D eigenvalue weighted by Gasteiger charge is -2.45. The molecule has 4 atom stereocenters. The van der Waals surface area contributed by atoms with Gasteiger partial charge in [-0.3, -0.25) is 4.79 Å². The van der Waals surface area contributed by atoms with Crippen molar-refractivity contribution in [2.45, 2.75) is 81.6 Å². The number of carbonyl (C=O) groups is 2. The summed E-state index contributed by atoms with van der Waals surface area (Å²) in [6.07, 6.45) is 5.54. The predicted octanol–water partition coefficient (Wildman–Crippen LogP) is 2.47. The molecule has 0 aliphatic carbocycles. The van der Waals surface area contributed by atoms with Crippen LogP contribution >= 0.6 is 11.8 Å². The van der Waals surface area contributed by atoms with Crippen molar-refractivity contribution in [1.82, 2.24) is 4.90 Å². The van der Waals surface area contributed by atoms with Gasteiger partial charge in [0.1, 0.15) is 6.04 Å². The maximum absolute atomic E-state index is 12.3. The third-order valence-electron chi connectivity index (χ3n) is 4.73. The number of rotatable bonds is 8. The van der Waals surface area contributed by atoms with E-state index in [1.54, 1.807) is 0 Å². The van der Waals surface area contributed by atoms with E-state index in [1.807, 2.05) is 13.8 Å². The fourth-order valence-corrected chi connectivity index (χ4v) is 5.28. The molecule has 2 fully saturated rings. The Kier molecular flexibility index (Phi) is 5.43. The molecule has 6 heteroatoms. The Hall–Kier alpha value is -0.750. The number of hydrogen-bond donors (Lipinski definition) is 2. The number of aliphatic hydroxyl groups excluding tert-OH is 1. The maximum Gasteiger partial charge on any atom is 0.327 e. The van der Waals surface area contributed by atoms with Gasteiger partial charge in [0.2, 0.25) is 5.91 Å². The van der Waals surface area contributed by atoms with Crippen molar-refractivity contribution in [3.05, 3.63) is 0 Å². The first-order chi connectivity index (χ1) is 10.3. The SMILES string of the molecule is CCCCCCC[C@@H](O)[C@@H]1C(=O)N2[C@@H]1SC(C)(C)[C@@H]2C(=O)O. The van der Waals surface area contributed by atoms with Crippen LogP contribution in [0.4, 0.5) is 0 Å². The normalized spacial score (nSPS) is 30.8. The lowest BCUT2D eigenvalue weighted by Crippen LogP contribution is -2.65. The zero-order valence-electron chi connectivity index (χ0n) is 13.6. The fraction of sp³-hybridized carbons (Fsp3) is 0.875. The first-order valence-corrected chi connectivity index (χ1v) is 9.10. The van der Waals surface area contributed by atoms with Gasteiger partial charge in [0.25, 0.3) is 0 Å². The minimum Gasteiger partial charge on any atom is -0.480 e. The van der Waals surface area contributed by atoms with Crippen LogP contribution in [0.1, 0.15) is 59.3 Å². The Morgan fingerprint density at radius 3 is 2.55 bits per heavy atom. The number of carboxylic acids is 1. The first kappa shape index (κ1) is 17.6. The molecule has 0 unspecified atom stereocenters. The molecule has 0 saturated carbocycles. The molecule has 2 rings (SSSR count). The van der Waals surface area contributed by atoms with Crippen molar-refractivity contribution in [2.75, 3.05) is 0 Å². The average Bonchev–Trinajstić information content (AvgIpc) is 2.66. The largest absolute Gasteiger partial charge is 0.480 e. The zero-order chi connectivity index (χ0) is 16.5. The molecular weight excluding hydrogens is 302 g/mol. The maximum atomic E-state index is 12.3. The summed E-state index contributed by atoms with van der Waals surface area (Å²) >= 11 is 1.51. The Morgan fingerprint density at radius 2 is 1.95 bits per heavy atom. The standard InChI is InChI=1S/C16H27NO4S/c1-4-5-6-7-8-9-10(18)11-13(19)17-12(15(20)21)16(2,3)22-14(11)17/h10-12,14,18H,4-9H2,1-3H3,(H,20,21)/t10-,11-,12+,14-/m1/s1. The molecule has 2 aliphatic rings. The summed E-state index contributed by atoms with van der Waals surface area (Å²) in [6.45, 7) is 5.88. The number of hydrogen-bond acceptors (Lipinski definition) is 4. The van der Waals surface area contributed by atoms with E-state index in [0.717, 1.165) is 12.8 Å². The number of nitrogens with zero attached hydrogens (tertiary/aromatic N) is 1. The van der Waals surface area contributed by atoms with Crippen LogP contribution in [-0.2, 0) is 9.59 Å². The number of fused-ring (bicyclic) bond motifs is 1. The van der Waals surface area contributed by atoms with E-state index < -0.39 is 28.8 Å². The Morgan fingerprint density at radius 1 is 1.32 bits per heavy atom. The van der Waals surface area contributed by atoms with Crippen LogP contribution in [0.2, 0.25) is 0 Å². The van der Waals surface area contributed by atoms with E-state index in [0.29, 0.717) is 6.42 Å². The molecule has 2 N–H and O–H groups in total. The van der Waals surface area contributed by atoms with E-state index >= 15 is 0 Å². The molecule has 0 aromatic carbocycles. The van der Waals surface area contributed by atoms with Crippen LogP contribution < -0.4 is 0 Å². The minimum absolute atomic E-state index is 0.186. The number of unbranched alkanes of at least 4 members (excludes halogenated alkanes) is 4. The summed E-state index contributed by atoms with van der Waals surface area (Å²) in [4.78, 5) is 25.2. The topological polar surface area (TPSA) is 77.8 Å². The molecule has 1 amide bonds. The number of carboxylic acid groups (broad SMARTS) is 1. The summed E-state index contributed by atoms with van der Waals surface area (Å²) in [7, 11) is 0. The van der Waals surface area contributed by atoms with Crippen LogP contribution in [0, 0.1) is 5.92 Å². The van der Waals surface area contributed by atoms with Gasteiger partial charge in [-0.1, -0.05) is 39.0 Å².